The number of anilines is 2. The van der Waals surface area contributed by atoms with Crippen molar-refractivity contribution in [2.24, 2.45) is 5.41 Å². The predicted octanol–water partition coefficient (Wildman–Crippen LogP) is 8.35. The van der Waals surface area contributed by atoms with Crippen LogP contribution in [0.25, 0.3) is 22.4 Å². The van der Waals surface area contributed by atoms with Crippen LogP contribution in [0.2, 0.25) is 5.02 Å². The molecule has 4 rings (SSSR count). The van der Waals surface area contributed by atoms with Crippen molar-refractivity contribution in [3.05, 3.63) is 83.4 Å². The molecule has 0 aliphatic carbocycles. The summed E-state index contributed by atoms with van der Waals surface area (Å²) in [7, 11) is -4.18. The van der Waals surface area contributed by atoms with E-state index in [2.05, 4.69) is 35.8 Å². The molecular weight excluding hydrogens is 600 g/mol. The molecule has 0 unspecified atom stereocenters. The summed E-state index contributed by atoms with van der Waals surface area (Å²) in [6, 6.07) is 20.9. The third-order valence-corrected chi connectivity index (χ3v) is 7.56. The van der Waals surface area contributed by atoms with Gasteiger partial charge in [-0.2, -0.15) is 8.42 Å². The molecule has 0 radical (unpaired) electrons. The number of pyridine rings is 2. The van der Waals surface area contributed by atoms with Crippen LogP contribution in [0.15, 0.2) is 77.8 Å². The molecule has 0 spiro atoms. The first-order valence-corrected chi connectivity index (χ1v) is 15.9. The minimum Gasteiger partial charge on any atom is -0.491 e. The third kappa shape index (κ3) is 8.93. The van der Waals surface area contributed by atoms with Gasteiger partial charge < -0.3 is 9.47 Å². The van der Waals surface area contributed by atoms with Crippen LogP contribution in [0.5, 0.6) is 5.75 Å². The van der Waals surface area contributed by atoms with Crippen LogP contribution in [0.3, 0.4) is 0 Å². The minimum atomic E-state index is -4.18. The highest BCUT2D eigenvalue weighted by atomic mass is 35.5. The van der Waals surface area contributed by atoms with Gasteiger partial charge in [0.25, 0.3) is 10.0 Å². The van der Waals surface area contributed by atoms with E-state index in [-0.39, 0.29) is 22.1 Å². The second kappa shape index (κ2) is 12.8. The number of ether oxygens (including phenoxy) is 2. The van der Waals surface area contributed by atoms with E-state index in [1.807, 2.05) is 43.3 Å². The maximum absolute atomic E-state index is 13.4. The van der Waals surface area contributed by atoms with Crippen molar-refractivity contribution >= 4 is 39.4 Å². The Hall–Kier alpha value is -4.15. The van der Waals surface area contributed by atoms with Crippen molar-refractivity contribution in [3.63, 3.8) is 0 Å². The van der Waals surface area contributed by atoms with E-state index < -0.39 is 21.7 Å². The van der Waals surface area contributed by atoms with Gasteiger partial charge in [-0.25, -0.2) is 14.8 Å². The molecule has 0 saturated heterocycles. The van der Waals surface area contributed by atoms with E-state index in [1.165, 1.54) is 18.2 Å². The summed E-state index contributed by atoms with van der Waals surface area (Å²) in [5.74, 6) is 0.664. The Morgan fingerprint density at radius 1 is 0.864 bits per heavy atom. The smallest absolute Gasteiger partial charge is 0.413 e. The van der Waals surface area contributed by atoms with Crippen molar-refractivity contribution in [2.75, 3.05) is 16.6 Å². The quantitative estimate of drug-likeness (QED) is 0.199. The first-order chi connectivity index (χ1) is 20.5. The largest absolute Gasteiger partial charge is 0.491 e. The van der Waals surface area contributed by atoms with E-state index in [4.69, 9.17) is 26.1 Å². The van der Waals surface area contributed by atoms with E-state index >= 15 is 0 Å². The molecule has 4 aromatic rings. The monoisotopic (exact) mass is 636 g/mol. The van der Waals surface area contributed by atoms with Crippen LogP contribution in [0.1, 0.15) is 47.1 Å². The highest BCUT2D eigenvalue weighted by Crippen LogP contribution is 2.37. The fourth-order valence-corrected chi connectivity index (χ4v) is 5.13. The molecule has 2 heterocycles. The van der Waals surface area contributed by atoms with E-state index in [9.17, 15) is 13.2 Å². The molecule has 0 fully saturated rings. The van der Waals surface area contributed by atoms with Crippen molar-refractivity contribution in [2.45, 2.75) is 59.1 Å². The van der Waals surface area contributed by atoms with Crippen molar-refractivity contribution < 1.29 is 22.7 Å². The van der Waals surface area contributed by atoms with Gasteiger partial charge in [-0.1, -0.05) is 74.3 Å². The molecule has 0 bridgehead atoms. The number of hydrogen-bond acceptors (Lipinski definition) is 7. The van der Waals surface area contributed by atoms with Crippen LogP contribution in [0.4, 0.5) is 16.4 Å². The van der Waals surface area contributed by atoms with E-state index in [0.717, 1.165) is 22.3 Å². The number of benzene rings is 2. The number of nitrogens with one attached hydrogen (secondary N) is 2. The lowest BCUT2D eigenvalue weighted by Gasteiger charge is -2.20. The Morgan fingerprint density at radius 2 is 1.55 bits per heavy atom. The van der Waals surface area contributed by atoms with Gasteiger partial charge >= 0.3 is 6.09 Å². The van der Waals surface area contributed by atoms with Gasteiger partial charge in [0.1, 0.15) is 23.0 Å². The number of halogens is 1. The number of aromatic nitrogens is 2. The van der Waals surface area contributed by atoms with Crippen molar-refractivity contribution in [1.82, 2.24) is 9.97 Å². The Balaban J connectivity index is 1.69. The number of hydrogen-bond donors (Lipinski definition) is 2. The molecule has 0 aliphatic heterocycles. The highest BCUT2D eigenvalue weighted by Gasteiger charge is 2.21. The molecule has 11 heteroatoms. The maximum atomic E-state index is 13.4. The van der Waals surface area contributed by atoms with Gasteiger partial charge in [0.15, 0.2) is 5.03 Å². The molecule has 2 aromatic heterocycles. The molecule has 9 nitrogen and oxygen atoms in total. The van der Waals surface area contributed by atoms with Crippen LogP contribution in [-0.4, -0.2) is 36.7 Å². The van der Waals surface area contributed by atoms with E-state index in [0.29, 0.717) is 23.1 Å². The Kier molecular flexibility index (Phi) is 9.56. The molecule has 0 saturated carbocycles. The molecule has 2 aromatic carbocycles. The number of sulfonamides is 1. The van der Waals surface area contributed by atoms with Crippen LogP contribution in [-0.2, 0) is 14.8 Å². The topological polar surface area (TPSA) is 120 Å². The highest BCUT2D eigenvalue weighted by molar-refractivity contribution is 7.92. The number of rotatable bonds is 8. The predicted molar refractivity (Wildman–Crippen MR) is 175 cm³/mol. The summed E-state index contributed by atoms with van der Waals surface area (Å²) in [5.41, 5.74) is 3.20. The second-order valence-corrected chi connectivity index (χ2v) is 14.6. The van der Waals surface area contributed by atoms with Crippen molar-refractivity contribution in [1.29, 1.82) is 0 Å². The summed E-state index contributed by atoms with van der Waals surface area (Å²) in [5, 5.41) is 2.65. The second-order valence-electron chi connectivity index (χ2n) is 12.5. The minimum absolute atomic E-state index is 0.0259. The fraction of sp³-hybridized carbons (Fsp3) is 0.303. The molecule has 0 atom stereocenters. The fourth-order valence-electron chi connectivity index (χ4n) is 3.99. The normalized spacial score (nSPS) is 12.0. The summed E-state index contributed by atoms with van der Waals surface area (Å²) >= 11 is 6.46. The summed E-state index contributed by atoms with van der Waals surface area (Å²) < 4.78 is 40.5. The lowest BCUT2D eigenvalue weighted by Crippen LogP contribution is -2.27. The summed E-state index contributed by atoms with van der Waals surface area (Å²) in [4.78, 5) is 21.0. The zero-order valence-corrected chi connectivity index (χ0v) is 27.4. The molecule has 0 aliphatic rings. The van der Waals surface area contributed by atoms with Crippen LogP contribution in [0, 0.1) is 12.3 Å². The first kappa shape index (κ1) is 32.8. The van der Waals surface area contributed by atoms with Crippen LogP contribution >= 0.6 is 11.6 Å². The summed E-state index contributed by atoms with van der Waals surface area (Å²) in [6.45, 7) is 13.9. The number of carbonyl (C=O) groups excluding carboxylic acids is 1. The average Bonchev–Trinajstić information content (AvgIpc) is 2.91. The lowest BCUT2D eigenvalue weighted by atomic mass is 9.98. The molecule has 232 valence electrons. The van der Waals surface area contributed by atoms with Crippen LogP contribution < -0.4 is 14.8 Å². The van der Waals surface area contributed by atoms with Gasteiger partial charge in [-0.15, -0.1) is 0 Å². The zero-order valence-electron chi connectivity index (χ0n) is 25.9. The third-order valence-electron chi connectivity index (χ3n) is 5.99. The average molecular weight is 637 g/mol. The van der Waals surface area contributed by atoms with Gasteiger partial charge in [-0.3, -0.25) is 10.0 Å². The Morgan fingerprint density at radius 3 is 2.20 bits per heavy atom. The SMILES string of the molecule is Cc1ccc(-c2nc(NS(=O)(=O)c3cccc(NC(=O)OC(C)(C)C)n3)ccc2-c2ccc(Cl)c(OCC(C)(C)C)c2)cc1. The standard InChI is InChI=1S/C33H37ClN4O5S/c1-21-11-13-22(14-12-21)30-24(23-15-17-25(34)26(19-23)42-20-32(2,3)4)16-18-28(36-30)38-44(40,41)29-10-8-9-27(35-29)37-31(39)43-33(5,6)7/h8-19H,20H2,1-7H3,(H,36,38)(H,35,37,39). The summed E-state index contributed by atoms with van der Waals surface area (Å²) in [6.07, 6.45) is -0.748. The number of aryl methyl sites for hydroxylation is 1. The number of amides is 1. The van der Waals surface area contributed by atoms with Gasteiger partial charge in [0.05, 0.1) is 17.3 Å². The lowest BCUT2D eigenvalue weighted by molar-refractivity contribution is 0.0635. The maximum Gasteiger partial charge on any atom is 0.413 e. The van der Waals surface area contributed by atoms with Crippen molar-refractivity contribution in [3.8, 4) is 28.1 Å². The first-order valence-electron chi connectivity index (χ1n) is 14.0. The molecule has 2 N–H and O–H groups in total. The molecule has 1 amide bonds. The van der Waals surface area contributed by atoms with E-state index in [1.54, 1.807) is 39.0 Å². The number of nitrogens with zero attached hydrogens (tertiary/aromatic N) is 2. The van der Waals surface area contributed by atoms with Gasteiger partial charge in [-0.05, 0) is 75.1 Å². The Labute approximate surface area is 264 Å². The molecule has 44 heavy (non-hydrogen) atoms. The zero-order chi connectivity index (χ0) is 32.3. The number of carbonyl (C=O) groups is 1. The van der Waals surface area contributed by atoms with Gasteiger partial charge in [0, 0.05) is 11.1 Å². The Bertz CT molecular complexity index is 1760. The van der Waals surface area contributed by atoms with Gasteiger partial charge in [0.2, 0.25) is 0 Å². The molecular formula is C33H37ClN4O5S.